The van der Waals surface area contributed by atoms with Crippen molar-refractivity contribution in [3.05, 3.63) is 71.8 Å². The summed E-state index contributed by atoms with van der Waals surface area (Å²) in [4.78, 5) is 51.8. The number of aliphatic carboxylic acids is 1. The Kier molecular flexibility index (Phi) is 13.3. The van der Waals surface area contributed by atoms with E-state index in [4.69, 9.17) is 0 Å². The number of hydrogen-bond donors (Lipinski definition) is 5. The van der Waals surface area contributed by atoms with Crippen LogP contribution in [0, 0.1) is 5.92 Å². The molecule has 0 radical (unpaired) electrons. The van der Waals surface area contributed by atoms with E-state index in [1.807, 2.05) is 50.2 Å². The van der Waals surface area contributed by atoms with E-state index in [-0.39, 0.29) is 56.3 Å². The highest BCUT2D eigenvalue weighted by Crippen LogP contribution is 2.10. The molecule has 2 aromatic carbocycles. The van der Waals surface area contributed by atoms with Gasteiger partial charge in [-0.3, -0.25) is 14.4 Å². The summed E-state index contributed by atoms with van der Waals surface area (Å²) in [5.74, 6) is -2.85. The Hall–Kier alpha value is -3.81. The van der Waals surface area contributed by atoms with Crippen LogP contribution in [0.4, 0.5) is 0 Å². The average molecular weight is 630 g/mol. The Bertz CT molecular complexity index is 1340. The average Bonchev–Trinajstić information content (AvgIpc) is 2.98. The van der Waals surface area contributed by atoms with Crippen molar-refractivity contribution >= 4 is 33.5 Å². The van der Waals surface area contributed by atoms with Crippen LogP contribution in [0.15, 0.2) is 60.7 Å². The number of carboxylic acids is 1. The van der Waals surface area contributed by atoms with Crippen LogP contribution in [0.1, 0.15) is 37.8 Å². The molecule has 13 heteroatoms. The lowest BCUT2D eigenvalue weighted by atomic mass is 10.00. The number of hydrogen-bond acceptors (Lipinski definition) is 8. The maximum absolute atomic E-state index is 13.6. The van der Waals surface area contributed by atoms with Gasteiger partial charge in [-0.2, -0.15) is 0 Å². The number of amides is 3. The number of benzene rings is 2. The zero-order chi connectivity index (χ0) is 32.1. The van der Waals surface area contributed by atoms with E-state index in [0.29, 0.717) is 6.42 Å². The van der Waals surface area contributed by atoms with Crippen LogP contribution >= 0.6 is 0 Å². The molecular weight excluding hydrogens is 586 g/mol. The molecule has 0 aromatic heterocycles. The smallest absolute Gasteiger partial charge is 0.326 e. The molecule has 2 aromatic rings. The number of hydrazine groups is 1. The highest BCUT2D eigenvalue weighted by Gasteiger charge is 2.30. The van der Waals surface area contributed by atoms with Crippen molar-refractivity contribution in [2.45, 2.75) is 57.7 Å². The topological polar surface area (TPSA) is 174 Å². The summed E-state index contributed by atoms with van der Waals surface area (Å²) in [7, 11) is -3.07. The van der Waals surface area contributed by atoms with Gasteiger partial charge in [0.1, 0.15) is 18.1 Å². The van der Waals surface area contributed by atoms with E-state index >= 15 is 0 Å². The zero-order valence-corrected chi connectivity index (χ0v) is 26.0. The van der Waals surface area contributed by atoms with Gasteiger partial charge >= 0.3 is 5.97 Å². The summed E-state index contributed by atoms with van der Waals surface area (Å²) in [6.07, 6.45) is 1.07. The van der Waals surface area contributed by atoms with Crippen molar-refractivity contribution in [1.29, 1.82) is 0 Å². The van der Waals surface area contributed by atoms with Gasteiger partial charge in [0.2, 0.25) is 17.7 Å². The second kappa shape index (κ2) is 16.9. The third-order valence-corrected chi connectivity index (χ3v) is 8.87. The van der Waals surface area contributed by atoms with Crippen LogP contribution in [0.3, 0.4) is 0 Å². The SMILES string of the molecule is CC(C)C[C@H](NC(=O)[C@H](CCc1ccccc1)NC(=O)CNN1CCS(=O)(=O)CC1)C(=O)N[C@@H](Cc1ccccc1)C(=O)O. The molecular formula is C31H43N5O7S. The van der Waals surface area contributed by atoms with Gasteiger partial charge in [0, 0.05) is 19.5 Å². The number of aryl methyl sites for hydroxylation is 1. The number of nitrogens with zero attached hydrogens (tertiary/aromatic N) is 1. The van der Waals surface area contributed by atoms with Crippen molar-refractivity contribution in [1.82, 2.24) is 26.4 Å². The molecule has 5 N–H and O–H groups in total. The van der Waals surface area contributed by atoms with Crippen molar-refractivity contribution < 1.29 is 32.7 Å². The second-order valence-corrected chi connectivity index (χ2v) is 13.7. The summed E-state index contributed by atoms with van der Waals surface area (Å²) in [5.41, 5.74) is 4.63. The molecule has 1 saturated heterocycles. The Labute approximate surface area is 258 Å². The summed E-state index contributed by atoms with van der Waals surface area (Å²) in [6, 6.07) is 15.2. The summed E-state index contributed by atoms with van der Waals surface area (Å²) >= 11 is 0. The second-order valence-electron chi connectivity index (χ2n) is 11.4. The molecule has 0 spiro atoms. The van der Waals surface area contributed by atoms with Crippen molar-refractivity contribution in [2.75, 3.05) is 31.1 Å². The first-order valence-electron chi connectivity index (χ1n) is 14.8. The lowest BCUT2D eigenvalue weighted by Gasteiger charge is -2.28. The van der Waals surface area contributed by atoms with Gasteiger partial charge in [-0.25, -0.2) is 23.6 Å². The highest BCUT2D eigenvalue weighted by atomic mass is 32.2. The van der Waals surface area contributed by atoms with Gasteiger partial charge in [-0.15, -0.1) is 0 Å². The van der Waals surface area contributed by atoms with Crippen molar-refractivity contribution in [2.24, 2.45) is 5.92 Å². The first-order chi connectivity index (χ1) is 20.9. The number of rotatable bonds is 16. The van der Waals surface area contributed by atoms with Crippen LogP contribution in [-0.2, 0) is 41.9 Å². The van der Waals surface area contributed by atoms with E-state index in [9.17, 15) is 32.7 Å². The van der Waals surface area contributed by atoms with Gasteiger partial charge in [0.05, 0.1) is 18.1 Å². The third-order valence-electron chi connectivity index (χ3n) is 7.26. The molecule has 240 valence electrons. The van der Waals surface area contributed by atoms with Crippen LogP contribution in [0.2, 0.25) is 0 Å². The van der Waals surface area contributed by atoms with Gasteiger partial charge in [-0.05, 0) is 36.3 Å². The molecule has 0 bridgehead atoms. The van der Waals surface area contributed by atoms with Gasteiger partial charge < -0.3 is 21.1 Å². The minimum Gasteiger partial charge on any atom is -0.480 e. The fourth-order valence-electron chi connectivity index (χ4n) is 4.82. The summed E-state index contributed by atoms with van der Waals surface area (Å²) in [6.45, 7) is 4.11. The van der Waals surface area contributed by atoms with E-state index < -0.39 is 51.7 Å². The van der Waals surface area contributed by atoms with Gasteiger partial charge in [0.25, 0.3) is 0 Å². The first kappa shape index (κ1) is 34.7. The van der Waals surface area contributed by atoms with Crippen molar-refractivity contribution in [3.63, 3.8) is 0 Å². The Morgan fingerprint density at radius 2 is 1.34 bits per heavy atom. The number of carbonyl (C=O) groups is 4. The highest BCUT2D eigenvalue weighted by molar-refractivity contribution is 7.91. The molecule has 3 amide bonds. The minimum atomic E-state index is -3.07. The predicted molar refractivity (Wildman–Crippen MR) is 166 cm³/mol. The molecule has 12 nitrogen and oxygen atoms in total. The van der Waals surface area contributed by atoms with Crippen LogP contribution in [0.5, 0.6) is 0 Å². The van der Waals surface area contributed by atoms with Crippen LogP contribution < -0.4 is 21.4 Å². The van der Waals surface area contributed by atoms with Crippen molar-refractivity contribution in [3.8, 4) is 0 Å². The van der Waals surface area contributed by atoms with Gasteiger partial charge in [0.15, 0.2) is 9.84 Å². The largest absolute Gasteiger partial charge is 0.480 e. The molecule has 3 atom stereocenters. The molecule has 0 saturated carbocycles. The zero-order valence-electron chi connectivity index (χ0n) is 25.2. The summed E-state index contributed by atoms with van der Waals surface area (Å²) in [5, 5.41) is 19.5. The first-order valence-corrected chi connectivity index (χ1v) is 16.6. The number of carboxylic acid groups (broad SMARTS) is 1. The Morgan fingerprint density at radius 1 is 0.795 bits per heavy atom. The number of carbonyl (C=O) groups excluding carboxylic acids is 3. The normalized spacial score (nSPS) is 16.8. The van der Waals surface area contributed by atoms with Crippen LogP contribution in [-0.4, -0.2) is 91.5 Å². The standard InChI is InChI=1S/C31H43N5O7S/c1-22(2)19-26(30(39)35-27(31(40)41)20-24-11-7-4-8-12-24)34-29(38)25(14-13-23-9-5-3-6-10-23)33-28(37)21-32-36-15-17-44(42,43)18-16-36/h3-12,22,25-27,32H,13-21H2,1-2H3,(H,33,37)(H,34,38)(H,35,39)(H,40,41)/t25-,26-,27-/m0/s1. The predicted octanol–water partition coefficient (Wildman–Crippen LogP) is 0.682. The minimum absolute atomic E-state index is 0.00151. The molecule has 1 fully saturated rings. The lowest BCUT2D eigenvalue weighted by molar-refractivity contribution is -0.142. The van der Waals surface area contributed by atoms with E-state index in [1.165, 1.54) is 0 Å². The monoisotopic (exact) mass is 629 g/mol. The number of sulfone groups is 1. The fraction of sp³-hybridized carbons (Fsp3) is 0.484. The Balaban J connectivity index is 1.68. The molecule has 1 heterocycles. The third kappa shape index (κ3) is 12.1. The lowest BCUT2D eigenvalue weighted by Crippen LogP contribution is -2.57. The fourth-order valence-corrected chi connectivity index (χ4v) is 6.02. The maximum Gasteiger partial charge on any atom is 0.326 e. The van der Waals surface area contributed by atoms with E-state index in [0.717, 1.165) is 11.1 Å². The van der Waals surface area contributed by atoms with E-state index in [2.05, 4.69) is 21.4 Å². The molecule has 0 unspecified atom stereocenters. The summed E-state index contributed by atoms with van der Waals surface area (Å²) < 4.78 is 23.4. The molecule has 1 aliphatic heterocycles. The molecule has 0 aliphatic carbocycles. The quantitative estimate of drug-likeness (QED) is 0.179. The maximum atomic E-state index is 13.6. The molecule has 3 rings (SSSR count). The van der Waals surface area contributed by atoms with Crippen LogP contribution in [0.25, 0.3) is 0 Å². The number of nitrogens with one attached hydrogen (secondary N) is 4. The van der Waals surface area contributed by atoms with Gasteiger partial charge in [-0.1, -0.05) is 74.5 Å². The molecule has 1 aliphatic rings. The van der Waals surface area contributed by atoms with E-state index in [1.54, 1.807) is 29.3 Å². The molecule has 44 heavy (non-hydrogen) atoms. The Morgan fingerprint density at radius 3 is 1.91 bits per heavy atom.